The summed E-state index contributed by atoms with van der Waals surface area (Å²) in [5.41, 5.74) is 0.805. The van der Waals surface area contributed by atoms with Crippen molar-refractivity contribution in [3.05, 3.63) is 29.6 Å². The predicted molar refractivity (Wildman–Crippen MR) is 65.4 cm³/mol. The largest absolute Gasteiger partial charge is 0.488 e. The Morgan fingerprint density at radius 2 is 1.94 bits per heavy atom. The van der Waals surface area contributed by atoms with Crippen molar-refractivity contribution in [2.75, 3.05) is 0 Å². The standard InChI is InChI=1S/C11H16B2FO2/c1-11(2,3)12-7-8-6-9(13(15)16)4-5-10(8)14/h4-6,15-16H,7H2,1-3H3. The van der Waals surface area contributed by atoms with E-state index < -0.39 is 7.12 Å². The number of rotatable bonds is 3. The molecule has 16 heavy (non-hydrogen) atoms. The second-order valence-corrected chi connectivity index (χ2v) is 5.00. The highest BCUT2D eigenvalue weighted by atomic mass is 19.1. The zero-order valence-corrected chi connectivity index (χ0v) is 9.87. The molecule has 0 bridgehead atoms. The molecule has 0 aliphatic heterocycles. The molecule has 0 unspecified atom stereocenters. The molecule has 0 saturated carbocycles. The van der Waals surface area contributed by atoms with Gasteiger partial charge in [0.1, 0.15) is 13.1 Å². The molecule has 1 aromatic rings. The molecule has 5 heteroatoms. The second-order valence-electron chi connectivity index (χ2n) is 5.00. The van der Waals surface area contributed by atoms with Gasteiger partial charge in [-0.25, -0.2) is 4.39 Å². The van der Waals surface area contributed by atoms with Gasteiger partial charge in [0.05, 0.1) is 0 Å². The second kappa shape index (κ2) is 5.02. The molecule has 0 saturated heterocycles. The molecule has 2 N–H and O–H groups in total. The molecule has 1 radical (unpaired) electrons. The maximum Gasteiger partial charge on any atom is 0.488 e. The average Bonchev–Trinajstić information content (AvgIpc) is 2.14. The first-order valence-electron chi connectivity index (χ1n) is 5.28. The summed E-state index contributed by atoms with van der Waals surface area (Å²) in [6.45, 7) is 6.11. The van der Waals surface area contributed by atoms with Gasteiger partial charge in [0.15, 0.2) is 0 Å². The van der Waals surface area contributed by atoms with Gasteiger partial charge < -0.3 is 10.0 Å². The first kappa shape index (κ1) is 13.3. The van der Waals surface area contributed by atoms with Crippen LogP contribution in [0, 0.1) is 5.82 Å². The van der Waals surface area contributed by atoms with E-state index in [0.717, 1.165) is 0 Å². The minimum Gasteiger partial charge on any atom is -0.423 e. The topological polar surface area (TPSA) is 40.5 Å². The van der Waals surface area contributed by atoms with Crippen molar-refractivity contribution in [3.63, 3.8) is 0 Å². The molecule has 0 aliphatic rings. The predicted octanol–water partition coefficient (Wildman–Crippen LogP) is 0.928. The van der Waals surface area contributed by atoms with Crippen LogP contribution in [0.2, 0.25) is 5.31 Å². The fourth-order valence-corrected chi connectivity index (χ4v) is 1.33. The van der Waals surface area contributed by atoms with E-state index in [2.05, 4.69) is 0 Å². The molecule has 0 spiro atoms. The highest BCUT2D eigenvalue weighted by molar-refractivity contribution is 6.58. The normalized spacial score (nSPS) is 11.4. The molecular formula is C11H16B2FO2. The molecule has 0 fully saturated rings. The summed E-state index contributed by atoms with van der Waals surface area (Å²) in [7, 11) is 0.452. The zero-order valence-electron chi connectivity index (χ0n) is 9.87. The van der Waals surface area contributed by atoms with Crippen LogP contribution >= 0.6 is 0 Å². The van der Waals surface area contributed by atoms with Gasteiger partial charge in [-0.2, -0.15) is 0 Å². The SMILES string of the molecule is CC(C)(C)[B]Cc1cc(B(O)O)ccc1F. The van der Waals surface area contributed by atoms with Crippen molar-refractivity contribution in [3.8, 4) is 0 Å². The number of benzene rings is 1. The monoisotopic (exact) mass is 221 g/mol. The molecule has 1 aromatic carbocycles. The lowest BCUT2D eigenvalue weighted by Crippen LogP contribution is -2.30. The highest BCUT2D eigenvalue weighted by Gasteiger charge is 2.16. The van der Waals surface area contributed by atoms with E-state index in [-0.39, 0.29) is 11.1 Å². The number of halogens is 1. The number of hydrogen-bond acceptors (Lipinski definition) is 2. The van der Waals surface area contributed by atoms with Crippen molar-refractivity contribution in [1.82, 2.24) is 0 Å². The van der Waals surface area contributed by atoms with E-state index in [9.17, 15) is 4.39 Å². The fraction of sp³-hybridized carbons (Fsp3) is 0.455. The Hall–Kier alpha value is -0.800. The van der Waals surface area contributed by atoms with Crippen LogP contribution in [0.1, 0.15) is 26.3 Å². The van der Waals surface area contributed by atoms with Gasteiger partial charge in [0, 0.05) is 0 Å². The lowest BCUT2D eigenvalue weighted by atomic mass is 9.52. The maximum atomic E-state index is 13.4. The Kier molecular flexibility index (Phi) is 4.16. The molecule has 1 rings (SSSR count). The van der Waals surface area contributed by atoms with E-state index in [1.54, 1.807) is 0 Å². The molecule has 0 atom stereocenters. The van der Waals surface area contributed by atoms with E-state index in [1.165, 1.54) is 18.2 Å². The third kappa shape index (κ3) is 3.99. The van der Waals surface area contributed by atoms with Crippen LogP contribution in [0.3, 0.4) is 0 Å². The van der Waals surface area contributed by atoms with Crippen molar-refractivity contribution < 1.29 is 14.4 Å². The van der Waals surface area contributed by atoms with Crippen molar-refractivity contribution in [2.24, 2.45) is 0 Å². The van der Waals surface area contributed by atoms with Gasteiger partial charge in [-0.15, -0.1) is 0 Å². The van der Waals surface area contributed by atoms with Gasteiger partial charge in [0.25, 0.3) is 0 Å². The Labute approximate surface area is 96.9 Å². The molecule has 0 aromatic heterocycles. The molecule has 85 valence electrons. The van der Waals surface area contributed by atoms with Crippen molar-refractivity contribution >= 4 is 19.9 Å². The Bertz CT molecular complexity index is 361. The fourth-order valence-electron chi connectivity index (χ4n) is 1.33. The van der Waals surface area contributed by atoms with E-state index in [1.807, 2.05) is 28.1 Å². The molecule has 2 nitrogen and oxygen atoms in total. The molecule has 0 aliphatic carbocycles. The van der Waals surface area contributed by atoms with Gasteiger partial charge >= 0.3 is 7.12 Å². The van der Waals surface area contributed by atoms with Crippen LogP contribution in [0.15, 0.2) is 18.2 Å². The van der Waals surface area contributed by atoms with Crippen LogP contribution in [0.5, 0.6) is 0 Å². The van der Waals surface area contributed by atoms with Crippen LogP contribution < -0.4 is 5.46 Å². The van der Waals surface area contributed by atoms with Crippen LogP contribution in [0.4, 0.5) is 4.39 Å². The van der Waals surface area contributed by atoms with Crippen molar-refractivity contribution in [1.29, 1.82) is 0 Å². The van der Waals surface area contributed by atoms with E-state index in [4.69, 9.17) is 10.0 Å². The lowest BCUT2D eigenvalue weighted by Gasteiger charge is -2.16. The maximum absolute atomic E-state index is 13.4. The summed E-state index contributed by atoms with van der Waals surface area (Å²) in [6.07, 6.45) is 0.482. The zero-order chi connectivity index (χ0) is 12.3. The third-order valence-corrected chi connectivity index (χ3v) is 2.30. The minimum absolute atomic E-state index is 0.0142. The van der Waals surface area contributed by atoms with Crippen LogP contribution in [-0.2, 0) is 6.32 Å². The highest BCUT2D eigenvalue weighted by Crippen LogP contribution is 2.22. The van der Waals surface area contributed by atoms with Gasteiger partial charge in [0.2, 0.25) is 0 Å². The summed E-state index contributed by atoms with van der Waals surface area (Å²) >= 11 is 0. The van der Waals surface area contributed by atoms with Crippen LogP contribution in [0.25, 0.3) is 0 Å². The quantitative estimate of drug-likeness (QED) is 0.745. The van der Waals surface area contributed by atoms with Crippen molar-refractivity contribution in [2.45, 2.75) is 32.4 Å². The summed E-state index contributed by atoms with van der Waals surface area (Å²) in [4.78, 5) is 0. The Morgan fingerprint density at radius 3 is 2.44 bits per heavy atom. The van der Waals surface area contributed by atoms with Gasteiger partial charge in [-0.05, 0) is 17.1 Å². The summed E-state index contributed by atoms with van der Waals surface area (Å²) in [5.74, 6) is -0.315. The Balaban J connectivity index is 2.82. The van der Waals surface area contributed by atoms with Gasteiger partial charge in [-0.3, -0.25) is 0 Å². The first-order chi connectivity index (χ1) is 7.29. The van der Waals surface area contributed by atoms with Gasteiger partial charge in [-0.1, -0.05) is 44.5 Å². The Morgan fingerprint density at radius 1 is 1.31 bits per heavy atom. The molecule has 0 heterocycles. The molecular weight excluding hydrogens is 205 g/mol. The third-order valence-electron chi connectivity index (χ3n) is 2.30. The smallest absolute Gasteiger partial charge is 0.423 e. The van der Waals surface area contributed by atoms with E-state index in [0.29, 0.717) is 17.3 Å². The number of hydrogen-bond donors (Lipinski definition) is 2. The summed E-state index contributed by atoms with van der Waals surface area (Å²) in [6, 6.07) is 4.13. The van der Waals surface area contributed by atoms with E-state index >= 15 is 0 Å². The molecule has 0 amide bonds. The summed E-state index contributed by atoms with van der Waals surface area (Å²) in [5, 5.41) is 18.0. The first-order valence-corrected chi connectivity index (χ1v) is 5.28. The minimum atomic E-state index is -1.55. The lowest BCUT2D eigenvalue weighted by molar-refractivity contribution is 0.425. The average molecular weight is 221 g/mol. The van der Waals surface area contributed by atoms with Crippen LogP contribution in [-0.4, -0.2) is 24.4 Å². The summed E-state index contributed by atoms with van der Waals surface area (Å²) < 4.78 is 13.4.